The van der Waals surface area contributed by atoms with Gasteiger partial charge in [0.1, 0.15) is 0 Å². The van der Waals surface area contributed by atoms with E-state index in [0.717, 1.165) is 16.8 Å². The number of fused-ring (bicyclic) bond motifs is 3. The molecule has 0 saturated carbocycles. The summed E-state index contributed by atoms with van der Waals surface area (Å²) in [5.41, 5.74) is 2.85. The minimum Gasteiger partial charge on any atom is -0.395 e. The molecule has 1 spiro atoms. The lowest BCUT2D eigenvalue weighted by molar-refractivity contribution is -0.149. The van der Waals surface area contributed by atoms with Crippen molar-refractivity contribution in [1.29, 1.82) is 0 Å². The average Bonchev–Trinajstić information content (AvgIpc) is 3.54. The third kappa shape index (κ3) is 5.75. The molecular weight excluding hydrogens is 650 g/mol. The first-order valence-corrected chi connectivity index (χ1v) is 20.2. The number of anilines is 4. The van der Waals surface area contributed by atoms with Gasteiger partial charge in [0, 0.05) is 47.9 Å². The molecule has 1 N–H and O–H groups in total. The summed E-state index contributed by atoms with van der Waals surface area (Å²) in [7, 11) is -3.57. The van der Waals surface area contributed by atoms with Crippen LogP contribution in [0.2, 0.25) is 18.6 Å². The number of para-hydroxylation sites is 2. The summed E-state index contributed by atoms with van der Waals surface area (Å²) in [5, 5.41) is 9.85. The molecule has 0 aromatic heterocycles. The standard InChI is InChI=1S/C40H42FN3O5Si/c1-27-38(50(2,3)41)35(25-37(47)42(22-23-45)26-28-12-6-4-7-13-28)49-40(27)32-24-31(43-33-17-11-10-14-29(33)18-21-36(43)46)19-20-34(32)44(39(40)48)30-15-8-5-9-16-30/h4-17,19-20,24,27,35,38,45H,18,21-23,25-26H2,1-3H3/t27-,35+,38-,40+/m0/s1. The van der Waals surface area contributed by atoms with E-state index in [-0.39, 0.29) is 43.8 Å². The molecular formula is C40H42FN3O5Si. The maximum absolute atomic E-state index is 16.6. The number of ether oxygens (including phenoxy) is 1. The van der Waals surface area contributed by atoms with E-state index in [9.17, 15) is 14.7 Å². The second kappa shape index (κ2) is 13.2. The van der Waals surface area contributed by atoms with Crippen LogP contribution in [0.25, 0.3) is 0 Å². The molecule has 1 saturated heterocycles. The van der Waals surface area contributed by atoms with E-state index < -0.39 is 31.6 Å². The van der Waals surface area contributed by atoms with E-state index in [0.29, 0.717) is 35.5 Å². The van der Waals surface area contributed by atoms with Crippen LogP contribution >= 0.6 is 0 Å². The number of aryl methyl sites for hydroxylation is 1. The Balaban J connectivity index is 1.33. The molecule has 3 amide bonds. The fraction of sp³-hybridized carbons (Fsp3) is 0.325. The number of halogens is 1. The molecule has 0 unspecified atom stereocenters. The van der Waals surface area contributed by atoms with Crippen molar-refractivity contribution in [3.8, 4) is 0 Å². The first-order chi connectivity index (χ1) is 24.0. The lowest BCUT2D eigenvalue weighted by atomic mass is 9.82. The van der Waals surface area contributed by atoms with Crippen LogP contribution in [0.4, 0.5) is 26.9 Å². The van der Waals surface area contributed by atoms with E-state index in [1.54, 1.807) is 27.8 Å². The highest BCUT2D eigenvalue weighted by Gasteiger charge is 2.67. The topological polar surface area (TPSA) is 90.4 Å². The first-order valence-electron chi connectivity index (χ1n) is 17.3. The zero-order chi connectivity index (χ0) is 35.2. The Morgan fingerprint density at radius 1 is 0.900 bits per heavy atom. The number of rotatable bonds is 9. The van der Waals surface area contributed by atoms with Gasteiger partial charge in [-0.2, -0.15) is 0 Å². The summed E-state index contributed by atoms with van der Waals surface area (Å²) in [6.07, 6.45) is -0.0427. The highest BCUT2D eigenvalue weighted by Crippen LogP contribution is 2.61. The van der Waals surface area contributed by atoms with Crippen molar-refractivity contribution < 1.29 is 28.3 Å². The van der Waals surface area contributed by atoms with Gasteiger partial charge in [-0.15, -0.1) is 0 Å². The van der Waals surface area contributed by atoms with Crippen LogP contribution in [0.5, 0.6) is 0 Å². The Labute approximate surface area is 293 Å². The number of aliphatic hydroxyl groups excluding tert-OH is 1. The van der Waals surface area contributed by atoms with Crippen LogP contribution in [-0.4, -0.2) is 55.4 Å². The summed E-state index contributed by atoms with van der Waals surface area (Å²) in [4.78, 5) is 47.4. The normalized spacial score (nSPS) is 22.9. The largest absolute Gasteiger partial charge is 0.395 e. The Morgan fingerprint density at radius 3 is 2.28 bits per heavy atom. The van der Waals surface area contributed by atoms with Gasteiger partial charge in [0.05, 0.1) is 30.5 Å². The third-order valence-corrected chi connectivity index (χ3v) is 13.0. The molecule has 10 heteroatoms. The minimum atomic E-state index is -3.57. The van der Waals surface area contributed by atoms with Crippen molar-refractivity contribution in [3.63, 3.8) is 0 Å². The summed E-state index contributed by atoms with van der Waals surface area (Å²) < 4.78 is 23.5. The minimum absolute atomic E-state index is 0.0524. The van der Waals surface area contributed by atoms with Gasteiger partial charge in [-0.1, -0.05) is 73.7 Å². The van der Waals surface area contributed by atoms with E-state index in [2.05, 4.69) is 0 Å². The summed E-state index contributed by atoms with van der Waals surface area (Å²) in [6.45, 7) is 5.25. The van der Waals surface area contributed by atoms with Crippen molar-refractivity contribution in [2.24, 2.45) is 5.92 Å². The molecule has 8 nitrogen and oxygen atoms in total. The fourth-order valence-corrected chi connectivity index (χ4v) is 10.9. The van der Waals surface area contributed by atoms with Crippen molar-refractivity contribution in [2.45, 2.75) is 63.1 Å². The lowest BCUT2D eigenvalue weighted by Crippen LogP contribution is -2.44. The van der Waals surface area contributed by atoms with Crippen LogP contribution in [0.3, 0.4) is 0 Å². The van der Waals surface area contributed by atoms with Crippen LogP contribution in [0, 0.1) is 5.92 Å². The van der Waals surface area contributed by atoms with Gasteiger partial charge >= 0.3 is 0 Å². The van der Waals surface area contributed by atoms with Gasteiger partial charge in [-0.05, 0) is 67.0 Å². The molecule has 3 heterocycles. The predicted octanol–water partition coefficient (Wildman–Crippen LogP) is 7.16. The Kier molecular flexibility index (Phi) is 8.96. The predicted molar refractivity (Wildman–Crippen MR) is 194 cm³/mol. The molecule has 4 aromatic rings. The number of carbonyl (C=O) groups is 3. The number of hydrogen-bond donors (Lipinski definition) is 1. The Morgan fingerprint density at radius 2 is 1.58 bits per heavy atom. The van der Waals surface area contributed by atoms with Crippen LogP contribution in [0.1, 0.15) is 36.5 Å². The fourth-order valence-electron chi connectivity index (χ4n) is 8.36. The molecule has 0 aliphatic carbocycles. The SMILES string of the molecule is C[C@H]1[C@H]([Si](C)(C)F)[C@@H](CC(=O)N(CCO)Cc2ccccc2)O[C@]12C(=O)N(c1ccccc1)c1ccc(N3C(=O)CCc4ccccc43)cc12. The van der Waals surface area contributed by atoms with Gasteiger partial charge in [0.2, 0.25) is 20.2 Å². The van der Waals surface area contributed by atoms with Crippen molar-refractivity contribution in [3.05, 3.63) is 120 Å². The van der Waals surface area contributed by atoms with Crippen molar-refractivity contribution in [2.75, 3.05) is 23.0 Å². The molecule has 3 aliphatic heterocycles. The van der Waals surface area contributed by atoms with Crippen LogP contribution < -0.4 is 9.80 Å². The molecule has 4 aromatic carbocycles. The number of benzene rings is 4. The molecule has 50 heavy (non-hydrogen) atoms. The summed E-state index contributed by atoms with van der Waals surface area (Å²) in [5.74, 6) is -1.31. The van der Waals surface area contributed by atoms with Crippen molar-refractivity contribution in [1.82, 2.24) is 4.90 Å². The third-order valence-electron chi connectivity index (χ3n) is 10.5. The average molecular weight is 692 g/mol. The van der Waals surface area contributed by atoms with Crippen molar-refractivity contribution >= 4 is 48.9 Å². The highest BCUT2D eigenvalue weighted by atomic mass is 28.4. The summed E-state index contributed by atoms with van der Waals surface area (Å²) >= 11 is 0. The summed E-state index contributed by atoms with van der Waals surface area (Å²) in [6, 6.07) is 32.1. The molecule has 0 bridgehead atoms. The van der Waals surface area contributed by atoms with Gasteiger partial charge in [-0.3, -0.25) is 24.2 Å². The monoisotopic (exact) mass is 691 g/mol. The van der Waals surface area contributed by atoms with E-state index in [1.807, 2.05) is 110 Å². The van der Waals surface area contributed by atoms with E-state index >= 15 is 8.90 Å². The lowest BCUT2D eigenvalue weighted by Gasteiger charge is -2.32. The second-order valence-corrected chi connectivity index (χ2v) is 17.8. The van der Waals surface area contributed by atoms with Gasteiger partial charge in [0.15, 0.2) is 5.60 Å². The van der Waals surface area contributed by atoms with Gasteiger partial charge in [0.25, 0.3) is 5.91 Å². The number of amides is 3. The molecule has 258 valence electrons. The molecule has 7 rings (SSSR count). The number of nitrogens with zero attached hydrogens (tertiary/aromatic N) is 3. The van der Waals surface area contributed by atoms with Gasteiger partial charge in [-0.25, -0.2) is 0 Å². The zero-order valence-electron chi connectivity index (χ0n) is 28.6. The molecule has 4 atom stereocenters. The molecule has 0 radical (unpaired) electrons. The number of carbonyl (C=O) groups excluding carboxylic acids is 3. The van der Waals surface area contributed by atoms with E-state index in [1.165, 1.54) is 0 Å². The smallest absolute Gasteiger partial charge is 0.268 e. The maximum Gasteiger partial charge on any atom is 0.268 e. The zero-order valence-corrected chi connectivity index (χ0v) is 29.6. The Bertz CT molecular complexity index is 1920. The molecule has 3 aliphatic rings. The number of aliphatic hydroxyl groups is 1. The van der Waals surface area contributed by atoms with Gasteiger partial charge < -0.3 is 18.9 Å². The second-order valence-electron chi connectivity index (χ2n) is 14.0. The maximum atomic E-state index is 16.6. The first kappa shape index (κ1) is 33.8. The molecule has 1 fully saturated rings. The van der Waals surface area contributed by atoms with Crippen LogP contribution in [-0.2, 0) is 37.7 Å². The number of hydrogen-bond acceptors (Lipinski definition) is 5. The Hall–Kier alpha value is -4.64. The quantitative estimate of drug-likeness (QED) is 0.149. The van der Waals surface area contributed by atoms with Crippen LogP contribution in [0.15, 0.2) is 103 Å². The van der Waals surface area contributed by atoms with E-state index in [4.69, 9.17) is 4.74 Å². The highest BCUT2D eigenvalue weighted by molar-refractivity contribution is 6.72.